The molecule has 2 saturated heterocycles. The molecule has 3 heterocycles. The predicted octanol–water partition coefficient (Wildman–Crippen LogP) is 1.18. The number of likely N-dealkylation sites (tertiary alicyclic amines) is 1. The molecule has 0 bridgehead atoms. The SMILES string of the molecule is NCC1CCC(C(=O)N2CCCC2c2ccc[nH]2)O1. The molecule has 0 aliphatic carbocycles. The lowest BCUT2D eigenvalue weighted by molar-refractivity contribution is -0.143. The Bertz CT molecular complexity index is 432. The minimum atomic E-state index is -0.288. The second-order valence-corrected chi connectivity index (χ2v) is 5.37. The maximum absolute atomic E-state index is 12.6. The number of hydrogen-bond acceptors (Lipinski definition) is 3. The van der Waals surface area contributed by atoms with Crippen molar-refractivity contribution < 1.29 is 9.53 Å². The van der Waals surface area contributed by atoms with Crippen LogP contribution >= 0.6 is 0 Å². The van der Waals surface area contributed by atoms with Crippen molar-refractivity contribution in [2.75, 3.05) is 13.1 Å². The molecule has 1 amide bonds. The fourth-order valence-corrected chi connectivity index (χ4v) is 3.15. The molecule has 2 aliphatic heterocycles. The summed E-state index contributed by atoms with van der Waals surface area (Å²) in [5.74, 6) is 0.132. The Balaban J connectivity index is 1.69. The highest BCUT2D eigenvalue weighted by atomic mass is 16.5. The Morgan fingerprint density at radius 3 is 3.05 bits per heavy atom. The zero-order valence-electron chi connectivity index (χ0n) is 11.0. The topological polar surface area (TPSA) is 71.4 Å². The van der Waals surface area contributed by atoms with Crippen LogP contribution in [0, 0.1) is 0 Å². The summed E-state index contributed by atoms with van der Waals surface area (Å²) in [7, 11) is 0. The number of ether oxygens (including phenoxy) is 1. The summed E-state index contributed by atoms with van der Waals surface area (Å²) in [5, 5.41) is 0. The normalized spacial score (nSPS) is 31.0. The van der Waals surface area contributed by atoms with E-state index < -0.39 is 0 Å². The van der Waals surface area contributed by atoms with Crippen LogP contribution in [0.1, 0.15) is 37.4 Å². The Hall–Kier alpha value is -1.33. The minimum absolute atomic E-state index is 0.0560. The van der Waals surface area contributed by atoms with E-state index in [4.69, 9.17) is 10.5 Å². The summed E-state index contributed by atoms with van der Waals surface area (Å²) in [6, 6.07) is 4.21. The van der Waals surface area contributed by atoms with E-state index in [1.165, 1.54) is 0 Å². The molecule has 0 aromatic carbocycles. The van der Waals surface area contributed by atoms with Crippen molar-refractivity contribution in [2.45, 2.75) is 43.9 Å². The molecule has 2 aliphatic rings. The highest BCUT2D eigenvalue weighted by Crippen LogP contribution is 2.33. The lowest BCUT2D eigenvalue weighted by atomic mass is 10.1. The van der Waals surface area contributed by atoms with Crippen LogP contribution in [0.4, 0.5) is 0 Å². The van der Waals surface area contributed by atoms with Gasteiger partial charge >= 0.3 is 0 Å². The third kappa shape index (κ3) is 2.40. The predicted molar refractivity (Wildman–Crippen MR) is 71.4 cm³/mol. The number of nitrogens with two attached hydrogens (primary N) is 1. The van der Waals surface area contributed by atoms with Crippen LogP contribution in [0.2, 0.25) is 0 Å². The number of nitrogens with one attached hydrogen (secondary N) is 1. The first-order valence-electron chi connectivity index (χ1n) is 7.09. The fraction of sp³-hybridized carbons (Fsp3) is 0.643. The first-order chi connectivity index (χ1) is 9.29. The van der Waals surface area contributed by atoms with Gasteiger partial charge < -0.3 is 20.4 Å². The molecule has 0 saturated carbocycles. The van der Waals surface area contributed by atoms with Gasteiger partial charge in [-0.2, -0.15) is 0 Å². The van der Waals surface area contributed by atoms with Crippen LogP contribution in [0.3, 0.4) is 0 Å². The number of hydrogen-bond donors (Lipinski definition) is 2. The Kier molecular flexibility index (Phi) is 3.57. The van der Waals surface area contributed by atoms with E-state index in [2.05, 4.69) is 11.1 Å². The number of carbonyl (C=O) groups excluding carboxylic acids is 1. The molecular weight excluding hydrogens is 242 g/mol. The van der Waals surface area contributed by atoms with E-state index >= 15 is 0 Å². The maximum Gasteiger partial charge on any atom is 0.252 e. The fourth-order valence-electron chi connectivity index (χ4n) is 3.15. The van der Waals surface area contributed by atoms with Crippen LogP contribution in [0.25, 0.3) is 0 Å². The molecule has 3 unspecified atom stereocenters. The largest absolute Gasteiger partial charge is 0.364 e. The molecule has 5 nitrogen and oxygen atoms in total. The van der Waals surface area contributed by atoms with Crippen LogP contribution in [-0.2, 0) is 9.53 Å². The van der Waals surface area contributed by atoms with E-state index in [1.807, 2.05) is 17.2 Å². The monoisotopic (exact) mass is 263 g/mol. The molecule has 0 radical (unpaired) electrons. The molecule has 19 heavy (non-hydrogen) atoms. The number of rotatable bonds is 3. The van der Waals surface area contributed by atoms with Gasteiger partial charge in [0.05, 0.1) is 12.1 Å². The van der Waals surface area contributed by atoms with Crippen molar-refractivity contribution in [3.8, 4) is 0 Å². The number of aromatic amines is 1. The Morgan fingerprint density at radius 2 is 2.37 bits per heavy atom. The number of aromatic nitrogens is 1. The smallest absolute Gasteiger partial charge is 0.252 e. The number of amides is 1. The van der Waals surface area contributed by atoms with E-state index in [0.29, 0.717) is 6.54 Å². The highest BCUT2D eigenvalue weighted by Gasteiger charge is 2.38. The van der Waals surface area contributed by atoms with E-state index in [-0.39, 0.29) is 24.2 Å². The van der Waals surface area contributed by atoms with Crippen molar-refractivity contribution in [3.63, 3.8) is 0 Å². The van der Waals surface area contributed by atoms with Gasteiger partial charge in [0.15, 0.2) is 0 Å². The molecule has 1 aromatic heterocycles. The third-order valence-electron chi connectivity index (χ3n) is 4.16. The average Bonchev–Trinajstić information content (AvgIpc) is 3.16. The molecule has 1 aromatic rings. The number of H-pyrrole nitrogens is 1. The third-order valence-corrected chi connectivity index (χ3v) is 4.16. The van der Waals surface area contributed by atoms with E-state index in [1.54, 1.807) is 0 Å². The lowest BCUT2D eigenvalue weighted by Crippen LogP contribution is -2.39. The van der Waals surface area contributed by atoms with Gasteiger partial charge in [0, 0.05) is 25.0 Å². The summed E-state index contributed by atoms with van der Waals surface area (Å²) in [4.78, 5) is 17.7. The van der Waals surface area contributed by atoms with Gasteiger partial charge in [-0.05, 0) is 37.8 Å². The molecule has 5 heteroatoms. The molecule has 0 spiro atoms. The maximum atomic E-state index is 12.6. The van der Waals surface area contributed by atoms with Crippen molar-refractivity contribution in [2.24, 2.45) is 5.73 Å². The van der Waals surface area contributed by atoms with E-state index in [0.717, 1.165) is 37.9 Å². The number of nitrogens with zero attached hydrogens (tertiary/aromatic N) is 1. The first-order valence-corrected chi connectivity index (χ1v) is 7.09. The van der Waals surface area contributed by atoms with Gasteiger partial charge in [-0.15, -0.1) is 0 Å². The van der Waals surface area contributed by atoms with Crippen molar-refractivity contribution in [3.05, 3.63) is 24.0 Å². The number of carbonyl (C=O) groups is 1. The van der Waals surface area contributed by atoms with Crippen LogP contribution in [-0.4, -0.2) is 41.1 Å². The quantitative estimate of drug-likeness (QED) is 0.860. The van der Waals surface area contributed by atoms with Gasteiger partial charge in [0.2, 0.25) is 0 Å². The van der Waals surface area contributed by atoms with Gasteiger partial charge in [-0.3, -0.25) is 4.79 Å². The highest BCUT2D eigenvalue weighted by molar-refractivity contribution is 5.82. The zero-order chi connectivity index (χ0) is 13.2. The summed E-state index contributed by atoms with van der Waals surface area (Å²) in [6.45, 7) is 1.33. The lowest BCUT2D eigenvalue weighted by Gasteiger charge is -2.26. The first kappa shape index (κ1) is 12.7. The standard InChI is InChI=1S/C14H21N3O2/c15-9-10-5-6-13(19-10)14(18)17-8-2-4-12(17)11-3-1-7-16-11/h1,3,7,10,12-13,16H,2,4-6,8-9,15H2. The van der Waals surface area contributed by atoms with Crippen molar-refractivity contribution in [1.29, 1.82) is 0 Å². The summed E-state index contributed by atoms with van der Waals surface area (Å²) in [6.07, 6.45) is 5.46. The minimum Gasteiger partial charge on any atom is -0.364 e. The molecule has 2 fully saturated rings. The molecular formula is C14H21N3O2. The second-order valence-electron chi connectivity index (χ2n) is 5.37. The zero-order valence-corrected chi connectivity index (χ0v) is 11.0. The molecule has 104 valence electrons. The van der Waals surface area contributed by atoms with Gasteiger partial charge in [0.1, 0.15) is 6.10 Å². The Labute approximate surface area is 113 Å². The van der Waals surface area contributed by atoms with Gasteiger partial charge in [-0.25, -0.2) is 0 Å². The van der Waals surface area contributed by atoms with Gasteiger partial charge in [-0.1, -0.05) is 0 Å². The van der Waals surface area contributed by atoms with Crippen molar-refractivity contribution in [1.82, 2.24) is 9.88 Å². The van der Waals surface area contributed by atoms with Crippen LogP contribution in [0.15, 0.2) is 18.3 Å². The van der Waals surface area contributed by atoms with Crippen molar-refractivity contribution >= 4 is 5.91 Å². The summed E-state index contributed by atoms with van der Waals surface area (Å²) >= 11 is 0. The molecule has 3 rings (SSSR count). The second kappa shape index (κ2) is 5.35. The summed E-state index contributed by atoms with van der Waals surface area (Å²) < 4.78 is 5.72. The Morgan fingerprint density at radius 1 is 1.47 bits per heavy atom. The van der Waals surface area contributed by atoms with E-state index in [9.17, 15) is 4.79 Å². The van der Waals surface area contributed by atoms with Crippen LogP contribution < -0.4 is 5.73 Å². The van der Waals surface area contributed by atoms with Gasteiger partial charge in [0.25, 0.3) is 5.91 Å². The molecule has 3 N–H and O–H groups in total. The summed E-state index contributed by atoms with van der Waals surface area (Å²) in [5.41, 5.74) is 6.72. The molecule has 3 atom stereocenters. The average molecular weight is 263 g/mol. The van der Waals surface area contributed by atoms with Crippen LogP contribution in [0.5, 0.6) is 0 Å².